The van der Waals surface area contributed by atoms with Gasteiger partial charge in [-0.15, -0.1) is 0 Å². The topological polar surface area (TPSA) is 18.5 Å². The molecule has 118 valence electrons. The molecule has 0 spiro atoms. The predicted molar refractivity (Wildman–Crippen MR) is 87.2 cm³/mol. The lowest BCUT2D eigenvalue weighted by atomic mass is 9.90. The predicted octanol–water partition coefficient (Wildman–Crippen LogP) is 2.57. The average Bonchev–Trinajstić information content (AvgIpc) is 2.35. The molecule has 0 radical (unpaired) electrons. The lowest BCUT2D eigenvalue weighted by Crippen LogP contribution is -2.57. The van der Waals surface area contributed by atoms with Gasteiger partial charge in [-0.3, -0.25) is 9.80 Å². The molecule has 0 aromatic heterocycles. The van der Waals surface area contributed by atoms with Crippen LogP contribution in [-0.4, -0.2) is 60.6 Å². The van der Waals surface area contributed by atoms with Gasteiger partial charge in [-0.25, -0.2) is 0 Å². The van der Waals surface area contributed by atoms with E-state index in [1.54, 1.807) is 0 Å². The second-order valence-electron chi connectivity index (χ2n) is 8.69. The number of nitrogens with one attached hydrogen (secondary N) is 1. The Balaban J connectivity index is 1.80. The molecule has 20 heavy (non-hydrogen) atoms. The van der Waals surface area contributed by atoms with Crippen LogP contribution in [0, 0.1) is 5.41 Å². The number of hydrogen-bond donors (Lipinski definition) is 1. The van der Waals surface area contributed by atoms with Crippen molar-refractivity contribution in [2.24, 2.45) is 5.41 Å². The Morgan fingerprint density at radius 2 is 1.75 bits per heavy atom. The highest BCUT2D eigenvalue weighted by Crippen LogP contribution is 2.24. The first-order valence-electron chi connectivity index (χ1n) is 8.47. The van der Waals surface area contributed by atoms with Gasteiger partial charge in [0.25, 0.3) is 0 Å². The monoisotopic (exact) mass is 281 g/mol. The summed E-state index contributed by atoms with van der Waals surface area (Å²) in [6.07, 6.45) is 4.26. The lowest BCUT2D eigenvalue weighted by Gasteiger charge is -2.46. The Hall–Kier alpha value is -0.120. The van der Waals surface area contributed by atoms with E-state index in [2.05, 4.69) is 49.7 Å². The largest absolute Gasteiger partial charge is 0.311 e. The third kappa shape index (κ3) is 5.01. The molecule has 0 bridgehead atoms. The van der Waals surface area contributed by atoms with Crippen molar-refractivity contribution in [2.45, 2.75) is 65.5 Å². The van der Waals surface area contributed by atoms with Crippen LogP contribution in [0.25, 0.3) is 0 Å². The SMILES string of the molecule is CC(C)(CNC(C)(C)C)CN1CCN2CCCCC2C1. The Kier molecular flexibility index (Phi) is 5.14. The van der Waals surface area contributed by atoms with Gasteiger partial charge < -0.3 is 5.32 Å². The maximum atomic E-state index is 3.67. The Bertz CT molecular complexity index is 306. The van der Waals surface area contributed by atoms with E-state index in [0.717, 1.165) is 12.6 Å². The highest BCUT2D eigenvalue weighted by atomic mass is 15.3. The molecule has 3 heteroatoms. The smallest absolute Gasteiger partial charge is 0.0223 e. The fourth-order valence-electron chi connectivity index (χ4n) is 3.53. The van der Waals surface area contributed by atoms with Crippen molar-refractivity contribution < 1.29 is 0 Å². The van der Waals surface area contributed by atoms with Crippen LogP contribution in [0.1, 0.15) is 53.9 Å². The number of piperidine rings is 1. The summed E-state index contributed by atoms with van der Waals surface area (Å²) in [5.74, 6) is 0. The van der Waals surface area contributed by atoms with E-state index in [4.69, 9.17) is 0 Å². The van der Waals surface area contributed by atoms with Gasteiger partial charge in [-0.1, -0.05) is 20.3 Å². The van der Waals surface area contributed by atoms with Gasteiger partial charge in [0.1, 0.15) is 0 Å². The number of rotatable bonds is 4. The highest BCUT2D eigenvalue weighted by Gasteiger charge is 2.31. The van der Waals surface area contributed by atoms with Crippen molar-refractivity contribution in [3.63, 3.8) is 0 Å². The number of nitrogens with zero attached hydrogens (tertiary/aromatic N) is 2. The molecule has 1 N–H and O–H groups in total. The summed E-state index contributed by atoms with van der Waals surface area (Å²) in [6, 6.07) is 0.837. The molecule has 0 aromatic rings. The minimum atomic E-state index is 0.222. The van der Waals surface area contributed by atoms with Crippen LogP contribution < -0.4 is 5.32 Å². The summed E-state index contributed by atoms with van der Waals surface area (Å²) in [5.41, 5.74) is 0.573. The first kappa shape index (κ1) is 16.3. The fraction of sp³-hybridized carbons (Fsp3) is 1.00. The summed E-state index contributed by atoms with van der Waals surface area (Å²) in [5, 5.41) is 3.67. The van der Waals surface area contributed by atoms with E-state index in [9.17, 15) is 0 Å². The maximum Gasteiger partial charge on any atom is 0.0223 e. The van der Waals surface area contributed by atoms with Gasteiger partial charge in [-0.05, 0) is 45.6 Å². The number of piperazine rings is 1. The van der Waals surface area contributed by atoms with Gasteiger partial charge in [0.2, 0.25) is 0 Å². The molecule has 0 aromatic carbocycles. The Morgan fingerprint density at radius 1 is 1.00 bits per heavy atom. The lowest BCUT2D eigenvalue weighted by molar-refractivity contribution is 0.0307. The van der Waals surface area contributed by atoms with Crippen molar-refractivity contribution in [1.29, 1.82) is 0 Å². The molecule has 2 saturated heterocycles. The van der Waals surface area contributed by atoms with Crippen LogP contribution >= 0.6 is 0 Å². The van der Waals surface area contributed by atoms with E-state index in [-0.39, 0.29) is 5.54 Å². The van der Waals surface area contributed by atoms with Crippen molar-refractivity contribution in [1.82, 2.24) is 15.1 Å². The van der Waals surface area contributed by atoms with E-state index >= 15 is 0 Å². The third-order valence-corrected chi connectivity index (χ3v) is 4.67. The van der Waals surface area contributed by atoms with E-state index < -0.39 is 0 Å². The molecule has 1 unspecified atom stereocenters. The first-order chi connectivity index (χ1) is 9.25. The normalized spacial score (nSPS) is 26.6. The minimum Gasteiger partial charge on any atom is -0.311 e. The summed E-state index contributed by atoms with van der Waals surface area (Å²) >= 11 is 0. The summed E-state index contributed by atoms with van der Waals surface area (Å²) in [7, 11) is 0. The van der Waals surface area contributed by atoms with Gasteiger partial charge >= 0.3 is 0 Å². The molecule has 2 rings (SSSR count). The molecule has 0 saturated carbocycles. The van der Waals surface area contributed by atoms with Crippen LogP contribution in [0.15, 0.2) is 0 Å². The van der Waals surface area contributed by atoms with Crippen molar-refractivity contribution in [2.75, 3.05) is 39.3 Å². The zero-order chi connectivity index (χ0) is 14.8. The first-order valence-corrected chi connectivity index (χ1v) is 8.47. The minimum absolute atomic E-state index is 0.222. The summed E-state index contributed by atoms with van der Waals surface area (Å²) in [4.78, 5) is 5.43. The molecule has 0 amide bonds. The van der Waals surface area contributed by atoms with Gasteiger partial charge in [-0.2, -0.15) is 0 Å². The Morgan fingerprint density at radius 3 is 2.45 bits per heavy atom. The summed E-state index contributed by atoms with van der Waals surface area (Å²) in [6.45, 7) is 19.1. The van der Waals surface area contributed by atoms with Gasteiger partial charge in [0, 0.05) is 44.3 Å². The number of hydrogen-bond acceptors (Lipinski definition) is 3. The van der Waals surface area contributed by atoms with E-state index in [1.807, 2.05) is 0 Å². The second-order valence-corrected chi connectivity index (χ2v) is 8.69. The zero-order valence-electron chi connectivity index (χ0n) is 14.3. The van der Waals surface area contributed by atoms with Crippen molar-refractivity contribution in [3.8, 4) is 0 Å². The standard InChI is InChI=1S/C17H35N3/c1-16(2,3)18-13-17(4,5)14-19-10-11-20-9-7-6-8-15(20)12-19/h15,18H,6-14H2,1-5H3. The van der Waals surface area contributed by atoms with Crippen LogP contribution in [0.2, 0.25) is 0 Å². The van der Waals surface area contributed by atoms with Gasteiger partial charge in [0.05, 0.1) is 0 Å². The maximum absolute atomic E-state index is 3.67. The van der Waals surface area contributed by atoms with Crippen LogP contribution in [0.5, 0.6) is 0 Å². The highest BCUT2D eigenvalue weighted by molar-refractivity contribution is 4.88. The quantitative estimate of drug-likeness (QED) is 0.854. The average molecular weight is 281 g/mol. The Labute approximate surface area is 126 Å². The molecule has 1 atom stereocenters. The van der Waals surface area contributed by atoms with Crippen LogP contribution in [0.3, 0.4) is 0 Å². The van der Waals surface area contributed by atoms with Crippen molar-refractivity contribution >= 4 is 0 Å². The molecule has 2 aliphatic rings. The van der Waals surface area contributed by atoms with Crippen molar-refractivity contribution in [3.05, 3.63) is 0 Å². The zero-order valence-corrected chi connectivity index (χ0v) is 14.3. The summed E-state index contributed by atoms with van der Waals surface area (Å²) < 4.78 is 0. The van der Waals surface area contributed by atoms with Gasteiger partial charge in [0.15, 0.2) is 0 Å². The molecule has 0 aliphatic carbocycles. The molecular formula is C17H35N3. The fourth-order valence-corrected chi connectivity index (χ4v) is 3.53. The van der Waals surface area contributed by atoms with E-state index in [1.165, 1.54) is 52.0 Å². The molecular weight excluding hydrogens is 246 g/mol. The third-order valence-electron chi connectivity index (χ3n) is 4.67. The van der Waals surface area contributed by atoms with E-state index in [0.29, 0.717) is 5.41 Å². The molecule has 2 aliphatic heterocycles. The molecule has 2 heterocycles. The number of fused-ring (bicyclic) bond motifs is 1. The second kappa shape index (κ2) is 6.33. The molecule has 2 fully saturated rings. The van der Waals surface area contributed by atoms with Crippen LogP contribution in [-0.2, 0) is 0 Å². The van der Waals surface area contributed by atoms with Crippen LogP contribution in [0.4, 0.5) is 0 Å². The molecule has 3 nitrogen and oxygen atoms in total.